The van der Waals surface area contributed by atoms with E-state index in [1.165, 1.54) is 26.6 Å². The second-order valence-electron chi connectivity index (χ2n) is 8.29. The summed E-state index contributed by atoms with van der Waals surface area (Å²) in [6.07, 6.45) is -0.218. The topological polar surface area (TPSA) is 32.8 Å². The smallest absolute Gasteiger partial charge is 0.410 e. The summed E-state index contributed by atoms with van der Waals surface area (Å²) < 4.78 is 5.51. The molecule has 0 radical (unpaired) electrons. The SMILES string of the molecule is Cc1ccc(Sc2ccccc2N2CCN(C(=O)OC(C)(C)C)CC2)c(C)c1. The van der Waals surface area contributed by atoms with Crippen LogP contribution in [0.1, 0.15) is 31.9 Å². The Labute approximate surface area is 172 Å². The third-order valence-corrected chi connectivity index (χ3v) is 5.93. The van der Waals surface area contributed by atoms with Crippen molar-refractivity contribution < 1.29 is 9.53 Å². The van der Waals surface area contributed by atoms with Crippen molar-refractivity contribution >= 4 is 23.5 Å². The predicted octanol–water partition coefficient (Wildman–Crippen LogP) is 5.51. The van der Waals surface area contributed by atoms with E-state index in [0.717, 1.165) is 13.1 Å². The van der Waals surface area contributed by atoms with Crippen molar-refractivity contribution in [3.8, 4) is 0 Å². The molecule has 1 aliphatic rings. The van der Waals surface area contributed by atoms with Crippen molar-refractivity contribution in [3.05, 3.63) is 53.6 Å². The first-order chi connectivity index (χ1) is 13.2. The summed E-state index contributed by atoms with van der Waals surface area (Å²) in [5.41, 5.74) is 3.36. The van der Waals surface area contributed by atoms with Gasteiger partial charge >= 0.3 is 6.09 Å². The number of carbonyl (C=O) groups is 1. The lowest BCUT2D eigenvalue weighted by atomic mass is 10.2. The van der Waals surface area contributed by atoms with Crippen molar-refractivity contribution in [2.24, 2.45) is 0 Å². The summed E-state index contributed by atoms with van der Waals surface area (Å²) in [4.78, 5) is 19.0. The summed E-state index contributed by atoms with van der Waals surface area (Å²) in [5, 5.41) is 0. The van der Waals surface area contributed by atoms with Gasteiger partial charge in [0.05, 0.1) is 5.69 Å². The van der Waals surface area contributed by atoms with Gasteiger partial charge in [0.2, 0.25) is 0 Å². The molecule has 4 nitrogen and oxygen atoms in total. The fourth-order valence-corrected chi connectivity index (χ4v) is 4.33. The van der Waals surface area contributed by atoms with Crippen molar-refractivity contribution in [1.82, 2.24) is 4.90 Å². The maximum absolute atomic E-state index is 12.3. The largest absolute Gasteiger partial charge is 0.444 e. The summed E-state index contributed by atoms with van der Waals surface area (Å²) in [6, 6.07) is 15.1. The molecule has 28 heavy (non-hydrogen) atoms. The van der Waals surface area contributed by atoms with Gasteiger partial charge in [-0.2, -0.15) is 0 Å². The zero-order valence-electron chi connectivity index (χ0n) is 17.5. The van der Waals surface area contributed by atoms with Gasteiger partial charge in [-0.1, -0.05) is 41.6 Å². The number of benzene rings is 2. The number of amides is 1. The van der Waals surface area contributed by atoms with E-state index < -0.39 is 5.60 Å². The van der Waals surface area contributed by atoms with Crippen molar-refractivity contribution in [2.75, 3.05) is 31.1 Å². The minimum atomic E-state index is -0.455. The first kappa shape index (κ1) is 20.6. The van der Waals surface area contributed by atoms with E-state index in [9.17, 15) is 4.79 Å². The van der Waals surface area contributed by atoms with Crippen molar-refractivity contribution in [2.45, 2.75) is 50.0 Å². The third kappa shape index (κ3) is 5.22. The Morgan fingerprint density at radius 1 is 0.964 bits per heavy atom. The van der Waals surface area contributed by atoms with Gasteiger partial charge in [-0.05, 0) is 58.4 Å². The number of aryl methyl sites for hydroxylation is 2. The summed E-state index contributed by atoms with van der Waals surface area (Å²) in [7, 11) is 0. The first-order valence-corrected chi connectivity index (χ1v) is 10.6. The molecule has 0 aliphatic carbocycles. The molecule has 1 saturated heterocycles. The Kier molecular flexibility index (Phi) is 6.23. The molecule has 0 atom stereocenters. The van der Waals surface area contributed by atoms with Crippen LogP contribution < -0.4 is 4.90 Å². The maximum Gasteiger partial charge on any atom is 0.410 e. The van der Waals surface area contributed by atoms with Gasteiger partial charge in [-0.15, -0.1) is 0 Å². The zero-order valence-corrected chi connectivity index (χ0v) is 18.3. The van der Waals surface area contributed by atoms with Crippen molar-refractivity contribution in [1.29, 1.82) is 0 Å². The minimum absolute atomic E-state index is 0.218. The van der Waals surface area contributed by atoms with E-state index in [-0.39, 0.29) is 6.09 Å². The molecule has 1 heterocycles. The molecule has 2 aromatic carbocycles. The van der Waals surface area contributed by atoms with Gasteiger partial charge in [-0.25, -0.2) is 4.79 Å². The quantitative estimate of drug-likeness (QED) is 0.682. The standard InChI is InChI=1S/C23H30N2O2S/c1-17-10-11-20(18(2)16-17)28-21-9-7-6-8-19(21)24-12-14-25(15-13-24)22(26)27-23(3,4)5/h6-11,16H,12-15H2,1-5H3. The lowest BCUT2D eigenvalue weighted by Crippen LogP contribution is -2.50. The van der Waals surface area contributed by atoms with E-state index in [0.29, 0.717) is 13.1 Å². The van der Waals surface area contributed by atoms with Crippen LogP contribution in [0.5, 0.6) is 0 Å². The number of para-hydroxylation sites is 1. The first-order valence-electron chi connectivity index (χ1n) is 9.80. The maximum atomic E-state index is 12.3. The molecule has 0 aromatic heterocycles. The molecule has 1 fully saturated rings. The Morgan fingerprint density at radius 2 is 1.64 bits per heavy atom. The van der Waals surface area contributed by atoms with E-state index in [4.69, 9.17) is 4.74 Å². The van der Waals surface area contributed by atoms with Gasteiger partial charge in [0.15, 0.2) is 0 Å². The molecular weight excluding hydrogens is 368 g/mol. The highest BCUT2D eigenvalue weighted by Crippen LogP contribution is 2.37. The van der Waals surface area contributed by atoms with Crippen LogP contribution in [0.15, 0.2) is 52.3 Å². The lowest BCUT2D eigenvalue weighted by Gasteiger charge is -2.37. The molecule has 0 spiro atoms. The number of nitrogens with zero attached hydrogens (tertiary/aromatic N) is 2. The van der Waals surface area contributed by atoms with E-state index in [2.05, 4.69) is 61.2 Å². The highest BCUT2D eigenvalue weighted by molar-refractivity contribution is 7.99. The van der Waals surface area contributed by atoms with Gasteiger partial charge in [0.1, 0.15) is 5.60 Å². The second-order valence-corrected chi connectivity index (χ2v) is 9.38. The van der Waals surface area contributed by atoms with Crippen LogP contribution in [0.2, 0.25) is 0 Å². The molecule has 0 N–H and O–H groups in total. The lowest BCUT2D eigenvalue weighted by molar-refractivity contribution is 0.0240. The Balaban J connectivity index is 1.69. The van der Waals surface area contributed by atoms with Gasteiger partial charge in [0.25, 0.3) is 0 Å². The van der Waals surface area contributed by atoms with Crippen molar-refractivity contribution in [3.63, 3.8) is 0 Å². The van der Waals surface area contributed by atoms with E-state index in [1.807, 2.05) is 37.4 Å². The fraction of sp³-hybridized carbons (Fsp3) is 0.435. The average molecular weight is 399 g/mol. The Hall–Kier alpha value is -2.14. The van der Waals surface area contributed by atoms with Crippen LogP contribution in [-0.4, -0.2) is 42.8 Å². The summed E-state index contributed by atoms with van der Waals surface area (Å²) in [5.74, 6) is 0. The zero-order chi connectivity index (χ0) is 20.3. The molecule has 150 valence electrons. The molecular formula is C23H30N2O2S. The molecule has 5 heteroatoms. The highest BCUT2D eigenvalue weighted by Gasteiger charge is 2.26. The summed E-state index contributed by atoms with van der Waals surface area (Å²) in [6.45, 7) is 13.0. The number of anilines is 1. The molecule has 1 aliphatic heterocycles. The van der Waals surface area contributed by atoms with E-state index >= 15 is 0 Å². The number of carbonyl (C=O) groups excluding carboxylic acids is 1. The highest BCUT2D eigenvalue weighted by atomic mass is 32.2. The number of ether oxygens (including phenoxy) is 1. The summed E-state index contributed by atoms with van der Waals surface area (Å²) >= 11 is 1.81. The number of hydrogen-bond donors (Lipinski definition) is 0. The number of piperazine rings is 1. The molecule has 0 unspecified atom stereocenters. The number of hydrogen-bond acceptors (Lipinski definition) is 4. The molecule has 2 aromatic rings. The fourth-order valence-electron chi connectivity index (χ4n) is 3.29. The Morgan fingerprint density at radius 3 is 2.29 bits per heavy atom. The molecule has 3 rings (SSSR count). The molecule has 0 saturated carbocycles. The monoisotopic (exact) mass is 398 g/mol. The number of rotatable bonds is 3. The average Bonchev–Trinajstić information content (AvgIpc) is 2.63. The molecule has 1 amide bonds. The molecule has 0 bridgehead atoms. The van der Waals surface area contributed by atoms with Crippen LogP contribution >= 0.6 is 11.8 Å². The second kappa shape index (κ2) is 8.48. The van der Waals surface area contributed by atoms with Crippen LogP contribution in [0.25, 0.3) is 0 Å². The third-order valence-electron chi connectivity index (χ3n) is 4.69. The van der Waals surface area contributed by atoms with Crippen LogP contribution in [-0.2, 0) is 4.74 Å². The van der Waals surface area contributed by atoms with Gasteiger partial charge in [-0.3, -0.25) is 0 Å². The van der Waals surface area contributed by atoms with Gasteiger partial charge < -0.3 is 14.5 Å². The normalized spacial score (nSPS) is 14.9. The van der Waals surface area contributed by atoms with Crippen LogP contribution in [0, 0.1) is 13.8 Å². The van der Waals surface area contributed by atoms with Gasteiger partial charge in [0, 0.05) is 36.0 Å². The predicted molar refractivity (Wildman–Crippen MR) is 117 cm³/mol. The minimum Gasteiger partial charge on any atom is -0.444 e. The van der Waals surface area contributed by atoms with Crippen LogP contribution in [0.3, 0.4) is 0 Å². The van der Waals surface area contributed by atoms with E-state index in [1.54, 1.807) is 0 Å². The van der Waals surface area contributed by atoms with Crippen LogP contribution in [0.4, 0.5) is 10.5 Å². The Bertz CT molecular complexity index is 837.